The standard InChI is InChI=1S/C48H69N3/c1-5-7-15-42-31-43(22-21-35(42)3)41-29-27-40(28-30-41)39-25-23-38(24-26-39)36(4)46-19-11-12-20-47(46)48(34-51-45-17-9-8-10-18-45)44(33-50)16-13-14-37(6-2)32-49/h9,11,13-14,16-17,19,21,25,27-30,37-38,42-43,45,51H,5-8,10,12,15,18,20,22-24,26,31-34,49-50H2,1-4H3/b14-13+,44-16+,46-36+,48-47+. The molecule has 0 aliphatic heterocycles. The molecule has 276 valence electrons. The third-order valence-corrected chi connectivity index (χ3v) is 12.5. The highest BCUT2D eigenvalue weighted by molar-refractivity contribution is 5.67. The molecule has 3 heteroatoms. The zero-order valence-corrected chi connectivity index (χ0v) is 32.6. The summed E-state index contributed by atoms with van der Waals surface area (Å²) in [6.07, 6.45) is 38.1. The lowest BCUT2D eigenvalue weighted by atomic mass is 9.76. The van der Waals surface area contributed by atoms with Gasteiger partial charge in [0.1, 0.15) is 0 Å². The lowest BCUT2D eigenvalue weighted by molar-refractivity contribution is 0.424. The molecule has 0 amide bonds. The average Bonchev–Trinajstić information content (AvgIpc) is 3.19. The Balaban J connectivity index is 1.35. The predicted molar refractivity (Wildman–Crippen MR) is 223 cm³/mol. The highest BCUT2D eigenvalue weighted by Crippen LogP contribution is 2.41. The Labute approximate surface area is 311 Å². The molecule has 5 atom stereocenters. The van der Waals surface area contributed by atoms with Gasteiger partial charge < -0.3 is 16.8 Å². The van der Waals surface area contributed by atoms with E-state index in [1.165, 1.54) is 96.8 Å². The first-order valence-electron chi connectivity index (χ1n) is 20.7. The highest BCUT2D eigenvalue weighted by atomic mass is 14.9. The Morgan fingerprint density at radius 2 is 1.84 bits per heavy atom. The van der Waals surface area contributed by atoms with Gasteiger partial charge in [-0.1, -0.05) is 117 Å². The molecule has 0 saturated carbocycles. The SMILES string of the molecule is CCCCC1CC(c2ccc(C3=CCC(\C(C)=C4/C=CCC/C4=C(CNC4C=CCCC4)\C(=C\C=C\C(CC)CN)CN)CC3)cc2)CC=C1C. The second-order valence-electron chi connectivity index (χ2n) is 15.8. The van der Waals surface area contributed by atoms with E-state index in [1.807, 2.05) is 0 Å². The van der Waals surface area contributed by atoms with Crippen LogP contribution in [0, 0.1) is 17.8 Å². The van der Waals surface area contributed by atoms with Crippen LogP contribution in [0.2, 0.25) is 0 Å². The van der Waals surface area contributed by atoms with Crippen LogP contribution in [0.5, 0.6) is 0 Å². The zero-order chi connectivity index (χ0) is 36.0. The van der Waals surface area contributed by atoms with Crippen molar-refractivity contribution in [1.29, 1.82) is 0 Å². The normalized spacial score (nSPS) is 27.0. The number of nitrogens with one attached hydrogen (secondary N) is 1. The lowest BCUT2D eigenvalue weighted by Crippen LogP contribution is -2.32. The highest BCUT2D eigenvalue weighted by Gasteiger charge is 2.25. The molecule has 0 bridgehead atoms. The van der Waals surface area contributed by atoms with Crippen LogP contribution in [0.3, 0.4) is 0 Å². The second kappa shape index (κ2) is 20.3. The van der Waals surface area contributed by atoms with Crippen molar-refractivity contribution in [3.8, 4) is 0 Å². The van der Waals surface area contributed by atoms with E-state index < -0.39 is 0 Å². The van der Waals surface area contributed by atoms with E-state index >= 15 is 0 Å². The van der Waals surface area contributed by atoms with Gasteiger partial charge in [-0.25, -0.2) is 0 Å². The topological polar surface area (TPSA) is 64.1 Å². The summed E-state index contributed by atoms with van der Waals surface area (Å²) < 4.78 is 0. The van der Waals surface area contributed by atoms with Crippen LogP contribution in [-0.2, 0) is 0 Å². The molecule has 5 rings (SSSR count). The van der Waals surface area contributed by atoms with Crippen molar-refractivity contribution in [2.24, 2.45) is 29.2 Å². The van der Waals surface area contributed by atoms with E-state index in [-0.39, 0.29) is 0 Å². The van der Waals surface area contributed by atoms with Crippen molar-refractivity contribution < 1.29 is 0 Å². The zero-order valence-electron chi connectivity index (χ0n) is 32.6. The van der Waals surface area contributed by atoms with E-state index in [0.717, 1.165) is 44.6 Å². The molecule has 1 aromatic carbocycles. The summed E-state index contributed by atoms with van der Waals surface area (Å²) in [5.74, 6) is 2.40. The number of hydrogen-bond acceptors (Lipinski definition) is 3. The lowest BCUT2D eigenvalue weighted by Gasteiger charge is -2.30. The van der Waals surface area contributed by atoms with E-state index in [0.29, 0.717) is 36.9 Å². The smallest absolute Gasteiger partial charge is 0.0253 e. The third-order valence-electron chi connectivity index (χ3n) is 12.5. The molecule has 5 unspecified atom stereocenters. The number of allylic oxidation sites excluding steroid dienone is 12. The Hall–Kier alpha value is -2.98. The molecule has 0 spiro atoms. The monoisotopic (exact) mass is 688 g/mol. The van der Waals surface area contributed by atoms with Gasteiger partial charge in [-0.05, 0) is 160 Å². The summed E-state index contributed by atoms with van der Waals surface area (Å²) in [5.41, 5.74) is 25.8. The van der Waals surface area contributed by atoms with Crippen molar-refractivity contribution in [3.63, 3.8) is 0 Å². The minimum Gasteiger partial charge on any atom is -0.330 e. The van der Waals surface area contributed by atoms with Gasteiger partial charge in [0.25, 0.3) is 0 Å². The first-order valence-corrected chi connectivity index (χ1v) is 20.7. The summed E-state index contributed by atoms with van der Waals surface area (Å²) in [5, 5.41) is 3.91. The Morgan fingerprint density at radius 3 is 2.53 bits per heavy atom. The maximum Gasteiger partial charge on any atom is 0.0253 e. The third kappa shape index (κ3) is 10.8. The van der Waals surface area contributed by atoms with Crippen molar-refractivity contribution in [3.05, 3.63) is 124 Å². The van der Waals surface area contributed by atoms with Crippen LogP contribution in [0.1, 0.15) is 135 Å². The summed E-state index contributed by atoms with van der Waals surface area (Å²) in [4.78, 5) is 0. The Morgan fingerprint density at radius 1 is 1.00 bits per heavy atom. The van der Waals surface area contributed by atoms with Crippen LogP contribution in [0.4, 0.5) is 0 Å². The molecule has 4 aliphatic rings. The fourth-order valence-corrected chi connectivity index (χ4v) is 8.85. The van der Waals surface area contributed by atoms with E-state index in [2.05, 4.69) is 112 Å². The molecule has 51 heavy (non-hydrogen) atoms. The van der Waals surface area contributed by atoms with Gasteiger partial charge in [0.05, 0.1) is 0 Å². The van der Waals surface area contributed by atoms with E-state index in [4.69, 9.17) is 11.5 Å². The van der Waals surface area contributed by atoms with Crippen LogP contribution >= 0.6 is 0 Å². The van der Waals surface area contributed by atoms with Gasteiger partial charge >= 0.3 is 0 Å². The molecule has 0 fully saturated rings. The first kappa shape index (κ1) is 39.2. The molecule has 0 heterocycles. The van der Waals surface area contributed by atoms with Crippen molar-refractivity contribution in [1.82, 2.24) is 5.32 Å². The number of hydrogen-bond donors (Lipinski definition) is 3. The summed E-state index contributed by atoms with van der Waals surface area (Å²) in [6, 6.07) is 10.1. The number of unbranched alkanes of at least 4 members (excludes halogenated alkanes) is 1. The summed E-state index contributed by atoms with van der Waals surface area (Å²) in [7, 11) is 0. The molecule has 4 aliphatic carbocycles. The quantitative estimate of drug-likeness (QED) is 0.127. The van der Waals surface area contributed by atoms with Crippen LogP contribution < -0.4 is 16.8 Å². The van der Waals surface area contributed by atoms with Gasteiger partial charge in [0.15, 0.2) is 0 Å². The van der Waals surface area contributed by atoms with Crippen LogP contribution in [0.25, 0.3) is 5.57 Å². The summed E-state index contributed by atoms with van der Waals surface area (Å²) >= 11 is 0. The predicted octanol–water partition coefficient (Wildman–Crippen LogP) is 11.6. The molecule has 0 saturated heterocycles. The second-order valence-corrected chi connectivity index (χ2v) is 15.8. The molecule has 0 radical (unpaired) electrons. The van der Waals surface area contributed by atoms with E-state index in [1.54, 1.807) is 11.1 Å². The van der Waals surface area contributed by atoms with Gasteiger partial charge in [-0.2, -0.15) is 0 Å². The average molecular weight is 688 g/mol. The van der Waals surface area contributed by atoms with Crippen LogP contribution in [-0.4, -0.2) is 25.7 Å². The number of nitrogens with two attached hydrogens (primary N) is 2. The number of benzene rings is 1. The fraction of sp³-hybridized carbons (Fsp3) is 0.542. The molecular weight excluding hydrogens is 619 g/mol. The minimum absolute atomic E-state index is 0.404. The van der Waals surface area contributed by atoms with Crippen molar-refractivity contribution in [2.45, 2.75) is 130 Å². The van der Waals surface area contributed by atoms with Gasteiger partial charge in [-0.3, -0.25) is 0 Å². The van der Waals surface area contributed by atoms with Crippen molar-refractivity contribution >= 4 is 5.57 Å². The largest absolute Gasteiger partial charge is 0.330 e. The van der Waals surface area contributed by atoms with Gasteiger partial charge in [-0.15, -0.1) is 0 Å². The molecule has 5 N–H and O–H groups in total. The van der Waals surface area contributed by atoms with E-state index in [9.17, 15) is 0 Å². The number of rotatable bonds is 15. The maximum absolute atomic E-state index is 6.54. The Kier molecular flexibility index (Phi) is 15.6. The van der Waals surface area contributed by atoms with Gasteiger partial charge in [0.2, 0.25) is 0 Å². The molecule has 0 aromatic heterocycles. The fourth-order valence-electron chi connectivity index (χ4n) is 8.85. The Bertz CT molecular complexity index is 1520. The van der Waals surface area contributed by atoms with Gasteiger partial charge in [0, 0.05) is 19.1 Å². The molecule has 3 nitrogen and oxygen atoms in total. The summed E-state index contributed by atoms with van der Waals surface area (Å²) in [6.45, 7) is 11.3. The minimum atomic E-state index is 0.404. The maximum atomic E-state index is 6.54. The van der Waals surface area contributed by atoms with Crippen LogP contribution in [0.15, 0.2) is 112 Å². The molecular formula is C48H69N3. The van der Waals surface area contributed by atoms with Crippen molar-refractivity contribution in [2.75, 3.05) is 19.6 Å². The first-order chi connectivity index (χ1) is 24.9. The molecule has 1 aromatic rings.